The van der Waals surface area contributed by atoms with Crippen LogP contribution in [0.25, 0.3) is 0 Å². The van der Waals surface area contributed by atoms with Crippen molar-refractivity contribution in [3.8, 4) is 0 Å². The van der Waals surface area contributed by atoms with Gasteiger partial charge in [-0.25, -0.2) is 0 Å². The summed E-state index contributed by atoms with van der Waals surface area (Å²) in [6.45, 7) is 11.6. The molecule has 0 radical (unpaired) electrons. The fourth-order valence-electron chi connectivity index (χ4n) is 1.72. The predicted molar refractivity (Wildman–Crippen MR) is 73.0 cm³/mol. The fraction of sp³-hybridized carbons (Fsp3) is 0.455. The van der Waals surface area contributed by atoms with Crippen LogP contribution in [0, 0.1) is 0 Å². The maximum absolute atomic E-state index is 9.15. The average molecular weight is 279 g/mol. The van der Waals surface area contributed by atoms with Crippen LogP contribution in [0.1, 0.15) is 0 Å². The molecular formula is C11H20BrOP. The van der Waals surface area contributed by atoms with E-state index < -0.39 is 5.31 Å². The van der Waals surface area contributed by atoms with Crippen molar-refractivity contribution in [3.05, 3.63) is 38.0 Å². The van der Waals surface area contributed by atoms with Gasteiger partial charge >= 0.3 is 95.1 Å². The van der Waals surface area contributed by atoms with Crippen molar-refractivity contribution in [2.45, 2.75) is 0 Å². The Balaban J connectivity index is 4.95. The zero-order valence-electron chi connectivity index (χ0n) is 8.66. The zero-order chi connectivity index (χ0) is 11.1. The zero-order valence-corrected chi connectivity index (χ0v) is 11.1. The van der Waals surface area contributed by atoms with Crippen molar-refractivity contribution in [2.24, 2.45) is 0 Å². The summed E-state index contributed by atoms with van der Waals surface area (Å²) in [6, 6.07) is 0. The third-order valence-corrected chi connectivity index (χ3v) is 10.9. The molecule has 0 amide bonds. The predicted octanol–water partition coefficient (Wildman–Crippen LogP) is 3.40. The number of aliphatic hydroxyl groups is 1. The van der Waals surface area contributed by atoms with Crippen LogP contribution >= 0.6 is 20.8 Å². The van der Waals surface area contributed by atoms with Gasteiger partial charge in [0.1, 0.15) is 0 Å². The summed E-state index contributed by atoms with van der Waals surface area (Å²) >= 11 is 3.89. The van der Waals surface area contributed by atoms with Crippen molar-refractivity contribution in [1.29, 1.82) is 0 Å². The molecule has 0 aliphatic carbocycles. The molecule has 0 aromatic heterocycles. The fourth-order valence-corrected chi connectivity index (χ4v) is 7.46. The summed E-state index contributed by atoms with van der Waals surface area (Å²) in [6.07, 6.45) is 9.34. The maximum atomic E-state index is 9.15. The van der Waals surface area contributed by atoms with E-state index >= 15 is 0 Å². The quantitative estimate of drug-likeness (QED) is 0.533. The van der Waals surface area contributed by atoms with E-state index in [4.69, 9.17) is 5.11 Å². The third-order valence-electron chi connectivity index (χ3n) is 2.42. The molecule has 1 nitrogen and oxygen atoms in total. The summed E-state index contributed by atoms with van der Waals surface area (Å²) < 4.78 is 0. The number of hydrogen-bond acceptors (Lipinski definition) is 1. The minimum atomic E-state index is -2.06. The van der Waals surface area contributed by atoms with E-state index in [1.807, 2.05) is 18.2 Å². The summed E-state index contributed by atoms with van der Waals surface area (Å²) in [5, 5.41) is 7.09. The van der Waals surface area contributed by atoms with Gasteiger partial charge in [0.2, 0.25) is 0 Å². The number of halogens is 1. The molecule has 0 aliphatic rings. The van der Waals surface area contributed by atoms with E-state index in [-0.39, 0.29) is 6.61 Å². The molecule has 0 saturated heterocycles. The Morgan fingerprint density at radius 1 is 1.00 bits per heavy atom. The van der Waals surface area contributed by atoms with Gasteiger partial charge in [0, 0.05) is 0 Å². The standard InChI is InChI=1S/C11H20BrOP/c1-4-8-14(12,9-5-2,10-6-3)11-7-13/h4-6,13H,1-3,7-11H2. The van der Waals surface area contributed by atoms with Gasteiger partial charge in [0.05, 0.1) is 0 Å². The van der Waals surface area contributed by atoms with E-state index in [9.17, 15) is 0 Å². The molecule has 0 spiro atoms. The number of rotatable bonds is 8. The van der Waals surface area contributed by atoms with Gasteiger partial charge in [0.25, 0.3) is 0 Å². The van der Waals surface area contributed by atoms with Crippen molar-refractivity contribution >= 4 is 20.8 Å². The van der Waals surface area contributed by atoms with Crippen LogP contribution < -0.4 is 0 Å². The van der Waals surface area contributed by atoms with Gasteiger partial charge in [0.15, 0.2) is 0 Å². The van der Waals surface area contributed by atoms with Crippen LogP contribution in [0.4, 0.5) is 0 Å². The van der Waals surface area contributed by atoms with Crippen LogP contribution in [0.15, 0.2) is 38.0 Å². The monoisotopic (exact) mass is 278 g/mol. The first-order chi connectivity index (χ1) is 6.54. The van der Waals surface area contributed by atoms with Crippen LogP contribution in [0.2, 0.25) is 0 Å². The Hall–Kier alpha value is 0.0900. The molecule has 82 valence electrons. The normalized spacial score (nSPS) is 14.0. The first kappa shape index (κ1) is 14.1. The molecule has 0 aromatic rings. The van der Waals surface area contributed by atoms with E-state index in [0.29, 0.717) is 0 Å². The molecular weight excluding hydrogens is 259 g/mol. The van der Waals surface area contributed by atoms with Gasteiger partial charge in [-0.05, 0) is 0 Å². The molecule has 0 heterocycles. The molecule has 0 saturated carbocycles. The van der Waals surface area contributed by atoms with Crippen molar-refractivity contribution in [2.75, 3.05) is 31.3 Å². The Bertz CT molecular complexity index is 196. The van der Waals surface area contributed by atoms with Crippen LogP contribution in [-0.2, 0) is 0 Å². The average Bonchev–Trinajstić information content (AvgIpc) is 2.05. The molecule has 0 fully saturated rings. The Labute approximate surface area is 95.3 Å². The Kier molecular flexibility index (Phi) is 5.88. The van der Waals surface area contributed by atoms with Crippen molar-refractivity contribution < 1.29 is 5.11 Å². The van der Waals surface area contributed by atoms with E-state index in [0.717, 1.165) is 24.6 Å². The van der Waals surface area contributed by atoms with Crippen LogP contribution in [0.3, 0.4) is 0 Å². The van der Waals surface area contributed by atoms with E-state index in [1.54, 1.807) is 0 Å². The van der Waals surface area contributed by atoms with Gasteiger partial charge in [-0.15, -0.1) is 0 Å². The summed E-state index contributed by atoms with van der Waals surface area (Å²) in [5.74, 6) is 0. The number of allylic oxidation sites excluding steroid dienone is 3. The second kappa shape index (κ2) is 5.85. The molecule has 0 aliphatic heterocycles. The Morgan fingerprint density at radius 2 is 1.36 bits per heavy atom. The number of hydrogen-bond donors (Lipinski definition) is 1. The molecule has 0 atom stereocenters. The summed E-state index contributed by atoms with van der Waals surface area (Å²) in [7, 11) is 0. The molecule has 3 heteroatoms. The van der Waals surface area contributed by atoms with Crippen LogP contribution in [-0.4, -0.2) is 36.4 Å². The van der Waals surface area contributed by atoms with Crippen molar-refractivity contribution in [1.82, 2.24) is 0 Å². The Morgan fingerprint density at radius 3 is 1.57 bits per heavy atom. The van der Waals surface area contributed by atoms with Gasteiger partial charge < -0.3 is 0 Å². The first-order valence-corrected chi connectivity index (χ1v) is 9.70. The molecule has 14 heavy (non-hydrogen) atoms. The van der Waals surface area contributed by atoms with E-state index in [2.05, 4.69) is 35.2 Å². The van der Waals surface area contributed by atoms with Crippen molar-refractivity contribution in [3.63, 3.8) is 0 Å². The molecule has 0 rings (SSSR count). The first-order valence-electron chi connectivity index (χ1n) is 4.70. The minimum absolute atomic E-state index is 0.207. The van der Waals surface area contributed by atoms with Gasteiger partial charge in [-0.1, -0.05) is 0 Å². The van der Waals surface area contributed by atoms with Crippen LogP contribution in [0.5, 0.6) is 0 Å². The summed E-state index contributed by atoms with van der Waals surface area (Å²) in [5.41, 5.74) is 0. The third kappa shape index (κ3) is 3.68. The molecule has 0 aromatic carbocycles. The number of aliphatic hydroxyl groups excluding tert-OH is 1. The van der Waals surface area contributed by atoms with Gasteiger partial charge in [-0.2, -0.15) is 0 Å². The SMILES string of the molecule is C=CCP(Br)(CC=C)(CC=C)CCO. The topological polar surface area (TPSA) is 20.2 Å². The molecule has 0 bridgehead atoms. The second-order valence-electron chi connectivity index (χ2n) is 3.68. The molecule has 1 N–H and O–H groups in total. The summed E-state index contributed by atoms with van der Waals surface area (Å²) in [4.78, 5) is 0. The second-order valence-corrected chi connectivity index (χ2v) is 14.9. The van der Waals surface area contributed by atoms with E-state index in [1.165, 1.54) is 0 Å². The molecule has 0 unspecified atom stereocenters. The van der Waals surface area contributed by atoms with Gasteiger partial charge in [-0.3, -0.25) is 0 Å².